The quantitative estimate of drug-likeness (QED) is 0.710. The Labute approximate surface area is 98.3 Å². The maximum atomic E-state index is 5.91. The Bertz CT molecular complexity index is 522. The summed E-state index contributed by atoms with van der Waals surface area (Å²) in [4.78, 5) is 15.1. The van der Waals surface area contributed by atoms with Gasteiger partial charge in [-0.2, -0.15) is 0 Å². The molecule has 2 aromatic rings. The van der Waals surface area contributed by atoms with Crippen molar-refractivity contribution < 1.29 is 0 Å². The molecule has 1 fully saturated rings. The van der Waals surface area contributed by atoms with E-state index in [4.69, 9.17) is 11.6 Å². The van der Waals surface area contributed by atoms with E-state index in [0.717, 1.165) is 29.9 Å². The lowest BCUT2D eigenvalue weighted by molar-refractivity contribution is 0.935. The summed E-state index contributed by atoms with van der Waals surface area (Å²) >= 11 is 5.91. The van der Waals surface area contributed by atoms with Gasteiger partial charge in [0.15, 0.2) is 5.82 Å². The molecule has 5 heteroatoms. The molecule has 1 aliphatic rings. The molecule has 4 nitrogen and oxygen atoms in total. The van der Waals surface area contributed by atoms with Crippen molar-refractivity contribution in [3.8, 4) is 0 Å². The van der Waals surface area contributed by atoms with Crippen LogP contribution >= 0.6 is 11.6 Å². The van der Waals surface area contributed by atoms with E-state index in [9.17, 15) is 0 Å². The molecule has 16 heavy (non-hydrogen) atoms. The monoisotopic (exact) mass is 234 g/mol. The minimum absolute atomic E-state index is 0.489. The molecule has 3 rings (SSSR count). The summed E-state index contributed by atoms with van der Waals surface area (Å²) in [6.45, 7) is 2.08. The van der Waals surface area contributed by atoms with E-state index in [1.807, 2.05) is 6.07 Å². The van der Waals surface area contributed by atoms with Crippen LogP contribution in [-0.4, -0.2) is 28.0 Å². The van der Waals surface area contributed by atoms with Gasteiger partial charge < -0.3 is 4.90 Å². The predicted octanol–water partition coefficient (Wildman–Crippen LogP) is 2.28. The number of rotatable bonds is 1. The number of pyridine rings is 1. The van der Waals surface area contributed by atoms with Gasteiger partial charge in [-0.05, 0) is 25.0 Å². The fourth-order valence-corrected chi connectivity index (χ4v) is 2.21. The number of aromatic nitrogens is 3. The number of hydrogen-bond acceptors (Lipinski definition) is 4. The summed E-state index contributed by atoms with van der Waals surface area (Å²) in [6.07, 6.45) is 4.02. The Morgan fingerprint density at radius 2 is 1.94 bits per heavy atom. The first-order chi connectivity index (χ1) is 7.84. The molecule has 3 heterocycles. The van der Waals surface area contributed by atoms with E-state index in [1.165, 1.54) is 12.8 Å². The van der Waals surface area contributed by atoms with E-state index >= 15 is 0 Å². The first-order valence-electron chi connectivity index (χ1n) is 5.37. The molecular formula is C11H11ClN4. The number of hydrogen-bond donors (Lipinski definition) is 0. The number of nitrogens with zero attached hydrogens (tertiary/aromatic N) is 4. The van der Waals surface area contributed by atoms with E-state index in [-0.39, 0.29) is 0 Å². The van der Waals surface area contributed by atoms with Crippen LogP contribution in [0.5, 0.6) is 0 Å². The van der Waals surface area contributed by atoms with Gasteiger partial charge >= 0.3 is 0 Å². The van der Waals surface area contributed by atoms with Gasteiger partial charge in [-0.25, -0.2) is 15.0 Å². The maximum Gasteiger partial charge on any atom is 0.158 e. The number of anilines is 1. The number of halogens is 1. The lowest BCUT2D eigenvalue weighted by Crippen LogP contribution is -2.19. The summed E-state index contributed by atoms with van der Waals surface area (Å²) in [5.41, 5.74) is 1.65. The Morgan fingerprint density at radius 1 is 1.12 bits per heavy atom. The maximum absolute atomic E-state index is 5.91. The van der Waals surface area contributed by atoms with Gasteiger partial charge in [0.25, 0.3) is 0 Å². The van der Waals surface area contributed by atoms with Gasteiger partial charge in [0.05, 0.1) is 5.52 Å². The lowest BCUT2D eigenvalue weighted by atomic mass is 10.3. The Kier molecular flexibility index (Phi) is 2.36. The molecular weight excluding hydrogens is 224 g/mol. The summed E-state index contributed by atoms with van der Waals surface area (Å²) in [5, 5.41) is 0.489. The molecule has 0 aromatic carbocycles. The van der Waals surface area contributed by atoms with Gasteiger partial charge in [0, 0.05) is 13.1 Å². The van der Waals surface area contributed by atoms with Crippen LogP contribution in [0.25, 0.3) is 11.0 Å². The highest BCUT2D eigenvalue weighted by atomic mass is 35.5. The minimum atomic E-state index is 0.489. The normalized spacial score (nSPS) is 15.9. The van der Waals surface area contributed by atoms with Crippen molar-refractivity contribution in [2.45, 2.75) is 12.8 Å². The lowest BCUT2D eigenvalue weighted by Gasteiger charge is -2.16. The van der Waals surface area contributed by atoms with E-state index in [1.54, 1.807) is 12.4 Å². The van der Waals surface area contributed by atoms with Gasteiger partial charge in [-0.1, -0.05) is 11.6 Å². The van der Waals surface area contributed by atoms with Gasteiger partial charge in [-0.3, -0.25) is 0 Å². The van der Waals surface area contributed by atoms with Gasteiger partial charge in [0.1, 0.15) is 17.0 Å². The van der Waals surface area contributed by atoms with Crippen molar-refractivity contribution >= 4 is 28.5 Å². The standard InChI is InChI=1S/C11H11ClN4/c12-9-4-3-8-10(15-9)11(14-7-13-8)16-5-1-2-6-16/h3-4,7H,1-2,5-6H2. The topological polar surface area (TPSA) is 41.9 Å². The Hall–Kier alpha value is -1.42. The van der Waals surface area contributed by atoms with Crippen molar-refractivity contribution in [3.63, 3.8) is 0 Å². The summed E-state index contributed by atoms with van der Waals surface area (Å²) in [5.74, 6) is 0.907. The third-order valence-electron chi connectivity index (χ3n) is 2.83. The highest BCUT2D eigenvalue weighted by Crippen LogP contribution is 2.25. The SMILES string of the molecule is Clc1ccc2ncnc(N3CCCC3)c2n1. The molecule has 2 aromatic heterocycles. The van der Waals surface area contributed by atoms with Crippen LogP contribution in [0.15, 0.2) is 18.5 Å². The molecule has 0 unspecified atom stereocenters. The second-order valence-corrected chi connectivity index (χ2v) is 4.28. The smallest absolute Gasteiger partial charge is 0.158 e. The van der Waals surface area contributed by atoms with Gasteiger partial charge in [0.2, 0.25) is 0 Å². The molecule has 1 saturated heterocycles. The van der Waals surface area contributed by atoms with Crippen LogP contribution in [-0.2, 0) is 0 Å². The van der Waals surface area contributed by atoms with Crippen LogP contribution in [0.2, 0.25) is 5.15 Å². The molecule has 0 amide bonds. The van der Waals surface area contributed by atoms with Crippen molar-refractivity contribution in [1.29, 1.82) is 0 Å². The van der Waals surface area contributed by atoms with Crippen LogP contribution in [0.1, 0.15) is 12.8 Å². The highest BCUT2D eigenvalue weighted by molar-refractivity contribution is 6.29. The zero-order valence-corrected chi connectivity index (χ0v) is 9.48. The largest absolute Gasteiger partial charge is 0.355 e. The van der Waals surface area contributed by atoms with Crippen LogP contribution in [0, 0.1) is 0 Å². The van der Waals surface area contributed by atoms with Gasteiger partial charge in [-0.15, -0.1) is 0 Å². The third kappa shape index (κ3) is 1.59. The molecule has 82 valence electrons. The number of fused-ring (bicyclic) bond motifs is 1. The molecule has 0 N–H and O–H groups in total. The molecule has 0 spiro atoms. The zero-order valence-electron chi connectivity index (χ0n) is 8.73. The molecule has 0 radical (unpaired) electrons. The highest BCUT2D eigenvalue weighted by Gasteiger charge is 2.17. The average Bonchev–Trinajstić information content (AvgIpc) is 2.81. The van der Waals surface area contributed by atoms with E-state index in [0.29, 0.717) is 5.15 Å². The molecule has 1 aliphatic heterocycles. The second kappa shape index (κ2) is 3.87. The molecule has 0 aliphatic carbocycles. The van der Waals surface area contributed by atoms with Crippen molar-refractivity contribution in [3.05, 3.63) is 23.6 Å². The first-order valence-corrected chi connectivity index (χ1v) is 5.74. The fraction of sp³-hybridized carbons (Fsp3) is 0.364. The van der Waals surface area contributed by atoms with Crippen LogP contribution < -0.4 is 4.90 Å². The van der Waals surface area contributed by atoms with Crippen molar-refractivity contribution in [2.75, 3.05) is 18.0 Å². The fourth-order valence-electron chi connectivity index (χ4n) is 2.06. The molecule has 0 saturated carbocycles. The zero-order chi connectivity index (χ0) is 11.0. The average molecular weight is 235 g/mol. The Morgan fingerprint density at radius 3 is 2.75 bits per heavy atom. The predicted molar refractivity (Wildman–Crippen MR) is 63.8 cm³/mol. The molecule has 0 bridgehead atoms. The molecule has 0 atom stereocenters. The second-order valence-electron chi connectivity index (χ2n) is 3.89. The summed E-state index contributed by atoms with van der Waals surface area (Å²) < 4.78 is 0. The van der Waals surface area contributed by atoms with Crippen LogP contribution in [0.3, 0.4) is 0 Å². The third-order valence-corrected chi connectivity index (χ3v) is 3.04. The summed E-state index contributed by atoms with van der Waals surface area (Å²) in [6, 6.07) is 3.64. The van der Waals surface area contributed by atoms with Crippen molar-refractivity contribution in [1.82, 2.24) is 15.0 Å². The minimum Gasteiger partial charge on any atom is -0.355 e. The van der Waals surface area contributed by atoms with E-state index in [2.05, 4.69) is 19.9 Å². The van der Waals surface area contributed by atoms with E-state index < -0.39 is 0 Å². The Balaban J connectivity index is 2.18. The summed E-state index contributed by atoms with van der Waals surface area (Å²) in [7, 11) is 0. The first kappa shape index (κ1) is 9.78. The van der Waals surface area contributed by atoms with Crippen molar-refractivity contribution in [2.24, 2.45) is 0 Å². The van der Waals surface area contributed by atoms with Crippen LogP contribution in [0.4, 0.5) is 5.82 Å².